The monoisotopic (exact) mass is 237 g/mol. The fraction of sp³-hybridized carbons (Fsp3) is 0.333. The Labute approximate surface area is 99.2 Å². The number of carboxylic acid groups (broad SMARTS) is 1. The minimum Gasteiger partial charge on any atom is -0.481 e. The van der Waals surface area contributed by atoms with Crippen molar-refractivity contribution in [1.29, 1.82) is 0 Å². The summed E-state index contributed by atoms with van der Waals surface area (Å²) in [6.45, 7) is 2.81. The maximum absolute atomic E-state index is 11.6. The van der Waals surface area contributed by atoms with E-state index < -0.39 is 17.4 Å². The first-order chi connectivity index (χ1) is 7.83. The van der Waals surface area contributed by atoms with Crippen LogP contribution in [0, 0.1) is 5.41 Å². The van der Waals surface area contributed by atoms with E-state index in [1.807, 2.05) is 0 Å². The summed E-state index contributed by atoms with van der Waals surface area (Å²) < 4.78 is 4.93. The highest BCUT2D eigenvalue weighted by Gasteiger charge is 2.29. The Morgan fingerprint density at radius 1 is 1.29 bits per heavy atom. The molecule has 0 radical (unpaired) electrons. The number of anilines is 1. The number of hydrogen-bond donors (Lipinski definition) is 2. The van der Waals surface area contributed by atoms with Crippen LogP contribution in [0.4, 0.5) is 5.69 Å². The van der Waals surface area contributed by atoms with Gasteiger partial charge in [0.1, 0.15) is 6.61 Å². The quantitative estimate of drug-likeness (QED) is 0.612. The Morgan fingerprint density at radius 3 is 2.29 bits per heavy atom. The van der Waals surface area contributed by atoms with Gasteiger partial charge in [-0.3, -0.25) is 4.79 Å². The Hall–Kier alpha value is -2.04. The van der Waals surface area contributed by atoms with Gasteiger partial charge in [0.15, 0.2) is 0 Å². The van der Waals surface area contributed by atoms with Crippen LogP contribution in [-0.4, -0.2) is 23.7 Å². The van der Waals surface area contributed by atoms with Crippen molar-refractivity contribution in [2.24, 2.45) is 5.41 Å². The lowest BCUT2D eigenvalue weighted by molar-refractivity contribution is -0.149. The largest absolute Gasteiger partial charge is 0.481 e. The second kappa shape index (κ2) is 4.86. The number of carbonyl (C=O) groups is 2. The lowest BCUT2D eigenvalue weighted by atomic mass is 9.95. The topological polar surface area (TPSA) is 89.6 Å². The first kappa shape index (κ1) is 13.0. The van der Waals surface area contributed by atoms with E-state index in [-0.39, 0.29) is 6.61 Å². The van der Waals surface area contributed by atoms with Crippen molar-refractivity contribution >= 4 is 17.6 Å². The average Bonchev–Trinajstić information content (AvgIpc) is 2.27. The van der Waals surface area contributed by atoms with Crippen LogP contribution in [0.25, 0.3) is 0 Å². The van der Waals surface area contributed by atoms with Gasteiger partial charge in [-0.2, -0.15) is 0 Å². The number of nitrogens with two attached hydrogens (primary N) is 1. The molecule has 0 bridgehead atoms. The number of hydrogen-bond acceptors (Lipinski definition) is 4. The molecule has 5 nitrogen and oxygen atoms in total. The van der Waals surface area contributed by atoms with Gasteiger partial charge in [-0.25, -0.2) is 4.79 Å². The van der Waals surface area contributed by atoms with Crippen LogP contribution in [0.15, 0.2) is 24.3 Å². The number of esters is 1. The summed E-state index contributed by atoms with van der Waals surface area (Å²) in [6, 6.07) is 6.23. The van der Waals surface area contributed by atoms with Gasteiger partial charge in [-0.1, -0.05) is 0 Å². The number of nitrogen functional groups attached to an aromatic ring is 1. The van der Waals surface area contributed by atoms with E-state index in [4.69, 9.17) is 15.6 Å². The van der Waals surface area contributed by atoms with E-state index in [0.29, 0.717) is 11.3 Å². The minimum absolute atomic E-state index is 0.175. The highest BCUT2D eigenvalue weighted by molar-refractivity contribution is 5.90. The van der Waals surface area contributed by atoms with Gasteiger partial charge in [-0.05, 0) is 38.1 Å². The second-order valence-corrected chi connectivity index (χ2v) is 4.39. The van der Waals surface area contributed by atoms with Gasteiger partial charge in [0.05, 0.1) is 11.0 Å². The molecule has 0 atom stereocenters. The molecular weight excluding hydrogens is 222 g/mol. The van der Waals surface area contributed by atoms with Gasteiger partial charge >= 0.3 is 11.9 Å². The van der Waals surface area contributed by atoms with Crippen molar-refractivity contribution in [1.82, 2.24) is 0 Å². The molecule has 0 heterocycles. The summed E-state index contributed by atoms with van der Waals surface area (Å²) in [5, 5.41) is 8.85. The standard InChI is InChI=1S/C12H15NO4/c1-12(2,11(15)16)7-17-10(14)8-3-5-9(13)6-4-8/h3-6H,7,13H2,1-2H3,(H,15,16). The molecule has 0 spiro atoms. The van der Waals surface area contributed by atoms with Crippen molar-refractivity contribution in [2.45, 2.75) is 13.8 Å². The van der Waals surface area contributed by atoms with Crippen molar-refractivity contribution in [3.8, 4) is 0 Å². The zero-order chi connectivity index (χ0) is 13.1. The molecule has 0 fully saturated rings. The molecule has 1 aromatic carbocycles. The smallest absolute Gasteiger partial charge is 0.338 e. The van der Waals surface area contributed by atoms with Crippen LogP contribution < -0.4 is 5.73 Å². The average molecular weight is 237 g/mol. The summed E-state index contributed by atoms with van der Waals surface area (Å²) in [5.41, 5.74) is 5.28. The van der Waals surface area contributed by atoms with Crippen molar-refractivity contribution in [3.63, 3.8) is 0 Å². The predicted molar refractivity (Wildman–Crippen MR) is 62.6 cm³/mol. The molecule has 0 unspecified atom stereocenters. The fourth-order valence-electron chi connectivity index (χ4n) is 1.01. The van der Waals surface area contributed by atoms with Gasteiger partial charge < -0.3 is 15.6 Å². The minimum atomic E-state index is -1.09. The molecule has 92 valence electrons. The number of ether oxygens (including phenoxy) is 1. The third kappa shape index (κ3) is 3.48. The predicted octanol–water partition coefficient (Wildman–Crippen LogP) is 1.54. The summed E-state index contributed by atoms with van der Waals surface area (Å²) >= 11 is 0. The third-order valence-corrected chi connectivity index (χ3v) is 2.29. The molecule has 17 heavy (non-hydrogen) atoms. The lowest BCUT2D eigenvalue weighted by Gasteiger charge is -2.18. The first-order valence-corrected chi connectivity index (χ1v) is 5.09. The summed E-state index contributed by atoms with van der Waals surface area (Å²) in [6.07, 6.45) is 0. The van der Waals surface area contributed by atoms with Gasteiger partial charge in [0.2, 0.25) is 0 Å². The van der Waals surface area contributed by atoms with Gasteiger partial charge in [-0.15, -0.1) is 0 Å². The van der Waals surface area contributed by atoms with Crippen molar-refractivity contribution in [2.75, 3.05) is 12.3 Å². The summed E-state index contributed by atoms with van der Waals surface area (Å²) in [5.74, 6) is -1.57. The molecular formula is C12H15NO4. The summed E-state index contributed by atoms with van der Waals surface area (Å²) in [7, 11) is 0. The van der Waals surface area contributed by atoms with E-state index in [0.717, 1.165) is 0 Å². The van der Waals surface area contributed by atoms with Gasteiger partial charge in [0.25, 0.3) is 0 Å². The first-order valence-electron chi connectivity index (χ1n) is 5.09. The highest BCUT2D eigenvalue weighted by atomic mass is 16.5. The Kier molecular flexibility index (Phi) is 3.73. The second-order valence-electron chi connectivity index (χ2n) is 4.39. The molecule has 0 aromatic heterocycles. The number of rotatable bonds is 4. The van der Waals surface area contributed by atoms with E-state index in [9.17, 15) is 9.59 Å². The molecule has 1 rings (SSSR count). The highest BCUT2D eigenvalue weighted by Crippen LogP contribution is 2.16. The zero-order valence-corrected chi connectivity index (χ0v) is 9.77. The van der Waals surface area contributed by atoms with E-state index in [1.54, 1.807) is 12.1 Å². The normalized spacial score (nSPS) is 10.9. The molecule has 5 heteroatoms. The van der Waals surface area contributed by atoms with Crippen molar-refractivity contribution < 1.29 is 19.4 Å². The Bertz CT molecular complexity index is 423. The molecule has 0 aliphatic heterocycles. The lowest BCUT2D eigenvalue weighted by Crippen LogP contribution is -2.30. The molecule has 3 N–H and O–H groups in total. The Morgan fingerprint density at radius 2 is 1.82 bits per heavy atom. The molecule has 0 aliphatic rings. The van der Waals surface area contributed by atoms with E-state index in [2.05, 4.69) is 0 Å². The fourth-order valence-corrected chi connectivity index (χ4v) is 1.01. The maximum atomic E-state index is 11.6. The molecule has 0 saturated heterocycles. The molecule has 1 aromatic rings. The van der Waals surface area contributed by atoms with Gasteiger partial charge in [0, 0.05) is 5.69 Å². The number of carboxylic acids is 1. The van der Waals surface area contributed by atoms with Crippen LogP contribution in [0.5, 0.6) is 0 Å². The summed E-state index contributed by atoms with van der Waals surface area (Å²) in [4.78, 5) is 22.4. The number of benzene rings is 1. The van der Waals surface area contributed by atoms with Crippen LogP contribution in [0.3, 0.4) is 0 Å². The van der Waals surface area contributed by atoms with Crippen molar-refractivity contribution in [3.05, 3.63) is 29.8 Å². The third-order valence-electron chi connectivity index (χ3n) is 2.29. The van der Waals surface area contributed by atoms with Crippen LogP contribution in [0.1, 0.15) is 24.2 Å². The van der Waals surface area contributed by atoms with Crippen LogP contribution in [0.2, 0.25) is 0 Å². The van der Waals surface area contributed by atoms with E-state index in [1.165, 1.54) is 26.0 Å². The molecule has 0 amide bonds. The van der Waals surface area contributed by atoms with Crippen LogP contribution in [-0.2, 0) is 9.53 Å². The molecule has 0 aliphatic carbocycles. The zero-order valence-electron chi connectivity index (χ0n) is 9.77. The van der Waals surface area contributed by atoms with E-state index >= 15 is 0 Å². The Balaban J connectivity index is 2.62. The maximum Gasteiger partial charge on any atom is 0.338 e. The molecule has 0 saturated carbocycles. The SMILES string of the molecule is CC(C)(COC(=O)c1ccc(N)cc1)C(=O)O. The number of carbonyl (C=O) groups excluding carboxylic acids is 1. The number of aliphatic carboxylic acids is 1. The van der Waals surface area contributed by atoms with Crippen LogP contribution >= 0.6 is 0 Å².